The van der Waals surface area contributed by atoms with E-state index in [0.717, 1.165) is 14.7 Å². The molecule has 0 spiro atoms. The number of hydrogen-bond donors (Lipinski definition) is 0. The Balaban J connectivity index is 0. The molecule has 0 saturated heterocycles. The van der Waals surface area contributed by atoms with Crippen LogP contribution in [0.15, 0.2) is 30.3 Å². The number of nitrogens with zero attached hydrogens (tertiary/aromatic N) is 3. The molecule has 0 heterocycles. The zero-order valence-corrected chi connectivity index (χ0v) is 19.3. The van der Waals surface area contributed by atoms with Gasteiger partial charge in [0.25, 0.3) is 0 Å². The van der Waals surface area contributed by atoms with Crippen LogP contribution in [0.5, 0.6) is 0 Å². The summed E-state index contributed by atoms with van der Waals surface area (Å²) in [6.07, 6.45) is 1.03. The van der Waals surface area contributed by atoms with E-state index in [1.54, 1.807) is 24.7 Å². The number of carbonyl (C=O) groups excluding carboxylic acids is 3. The number of rotatable bonds is 0. The number of amides is 3. The fraction of sp³-hybridized carbons (Fsp3) is 0.389. The minimum atomic E-state index is -1.16. The molecule has 1 aromatic rings. The fourth-order valence-electron chi connectivity index (χ4n) is 1.25. The summed E-state index contributed by atoms with van der Waals surface area (Å²) in [5.74, 6) is 0. The van der Waals surface area contributed by atoms with Crippen molar-refractivity contribution in [3.05, 3.63) is 41.5 Å². The second-order valence-electron chi connectivity index (χ2n) is 5.95. The van der Waals surface area contributed by atoms with Gasteiger partial charge >= 0.3 is 75.9 Å². The molecule has 1 atom stereocenters. The minimum absolute atomic E-state index is 0.711. The molecule has 1 aliphatic carbocycles. The molecule has 10 heteroatoms. The summed E-state index contributed by atoms with van der Waals surface area (Å²) in [6, 6.07) is 8.60. The van der Waals surface area contributed by atoms with Crippen LogP contribution in [0, 0.1) is 0 Å². The predicted octanol–water partition coefficient (Wildman–Crippen LogP) is -1.02. The topological polar surface area (TPSA) is 130 Å². The SMILES string of the molecule is CN(C)C(=O)[O-].CN(C)C(=O)[O-].CN(C)C(=O)[O-].[Zr+3][CH]1C=Cc2ccccc21. The summed E-state index contributed by atoms with van der Waals surface area (Å²) < 4.78 is 0.711. The summed E-state index contributed by atoms with van der Waals surface area (Å²) in [4.78, 5) is 31.5. The van der Waals surface area contributed by atoms with Crippen molar-refractivity contribution in [2.45, 2.75) is 3.63 Å². The molecular weight excluding hydrogens is 445 g/mol. The van der Waals surface area contributed by atoms with Crippen LogP contribution in [-0.2, 0) is 24.7 Å². The molecule has 28 heavy (non-hydrogen) atoms. The predicted molar refractivity (Wildman–Crippen MR) is 95.5 cm³/mol. The first-order valence-electron chi connectivity index (χ1n) is 7.94. The summed E-state index contributed by atoms with van der Waals surface area (Å²) in [6.45, 7) is 0. The maximum absolute atomic E-state index is 9.51. The van der Waals surface area contributed by atoms with Crippen LogP contribution in [0.4, 0.5) is 14.4 Å². The molecule has 0 aliphatic heterocycles. The van der Waals surface area contributed by atoms with Crippen LogP contribution in [0.2, 0.25) is 0 Å². The van der Waals surface area contributed by atoms with Crippen molar-refractivity contribution in [3.8, 4) is 0 Å². The first-order chi connectivity index (χ1) is 12.8. The van der Waals surface area contributed by atoms with Gasteiger partial charge in [0.15, 0.2) is 0 Å². The van der Waals surface area contributed by atoms with Gasteiger partial charge in [-0.2, -0.15) is 0 Å². The standard InChI is InChI=1S/C9H7.3C3H7NO2.Zr/c1-2-5-9-7-3-6-8(9)4-1;3*1-4(2)3(5)6;/h1-7H;3*1-2H3,(H,5,6);/q;;;;+3/p-3. The molecule has 0 aromatic heterocycles. The summed E-state index contributed by atoms with van der Waals surface area (Å²) in [7, 11) is 8.47. The summed E-state index contributed by atoms with van der Waals surface area (Å²) in [5.41, 5.74) is 2.91. The van der Waals surface area contributed by atoms with Crippen molar-refractivity contribution in [1.29, 1.82) is 0 Å². The van der Waals surface area contributed by atoms with Gasteiger partial charge in [0.2, 0.25) is 0 Å². The van der Waals surface area contributed by atoms with E-state index < -0.39 is 18.3 Å². The molecule has 0 bridgehead atoms. The first kappa shape index (κ1) is 27.9. The van der Waals surface area contributed by atoms with Gasteiger partial charge in [0.05, 0.1) is 0 Å². The van der Waals surface area contributed by atoms with Gasteiger partial charge in [-0.1, -0.05) is 0 Å². The molecule has 0 fully saturated rings. The third-order valence-electron chi connectivity index (χ3n) is 2.89. The average Bonchev–Trinajstić information content (AvgIpc) is 2.98. The van der Waals surface area contributed by atoms with Gasteiger partial charge in [0.1, 0.15) is 18.3 Å². The van der Waals surface area contributed by atoms with E-state index in [1.807, 2.05) is 0 Å². The maximum atomic E-state index is 9.51. The van der Waals surface area contributed by atoms with Crippen molar-refractivity contribution in [1.82, 2.24) is 14.7 Å². The van der Waals surface area contributed by atoms with Crippen LogP contribution in [0.1, 0.15) is 14.8 Å². The average molecular weight is 471 g/mol. The molecular formula is C18H25N3O6Zr. The van der Waals surface area contributed by atoms with Gasteiger partial charge in [-0.15, -0.1) is 0 Å². The Morgan fingerprint density at radius 1 is 0.786 bits per heavy atom. The number of hydrogen-bond acceptors (Lipinski definition) is 6. The normalized spacial score (nSPS) is 12.5. The van der Waals surface area contributed by atoms with E-state index in [0.29, 0.717) is 3.63 Å². The van der Waals surface area contributed by atoms with E-state index in [-0.39, 0.29) is 0 Å². The van der Waals surface area contributed by atoms with Gasteiger partial charge in [-0.05, 0) is 0 Å². The Hall–Kier alpha value is -2.35. The van der Waals surface area contributed by atoms with Crippen LogP contribution >= 0.6 is 0 Å². The van der Waals surface area contributed by atoms with E-state index in [2.05, 4.69) is 36.4 Å². The van der Waals surface area contributed by atoms with Crippen molar-refractivity contribution in [2.75, 3.05) is 42.3 Å². The number of allylic oxidation sites excluding steroid dienone is 1. The molecule has 3 amide bonds. The van der Waals surface area contributed by atoms with E-state index in [9.17, 15) is 29.7 Å². The van der Waals surface area contributed by atoms with Crippen LogP contribution in [0.3, 0.4) is 0 Å². The first-order valence-corrected chi connectivity index (χ1v) is 9.36. The third kappa shape index (κ3) is 13.8. The Morgan fingerprint density at radius 3 is 1.39 bits per heavy atom. The van der Waals surface area contributed by atoms with Crippen molar-refractivity contribution >= 4 is 24.4 Å². The van der Waals surface area contributed by atoms with Gasteiger partial charge in [-0.25, -0.2) is 0 Å². The monoisotopic (exact) mass is 469 g/mol. The van der Waals surface area contributed by atoms with Crippen LogP contribution < -0.4 is 15.3 Å². The molecule has 0 saturated carbocycles. The van der Waals surface area contributed by atoms with E-state index in [1.165, 1.54) is 53.4 Å². The zero-order valence-electron chi connectivity index (χ0n) is 16.8. The van der Waals surface area contributed by atoms with Crippen LogP contribution in [0.25, 0.3) is 6.08 Å². The Labute approximate surface area is 180 Å². The Morgan fingerprint density at radius 2 is 1.11 bits per heavy atom. The fourth-order valence-corrected chi connectivity index (χ4v) is 2.13. The number of carbonyl (C=O) groups is 3. The van der Waals surface area contributed by atoms with Crippen molar-refractivity contribution < 1.29 is 54.4 Å². The molecule has 0 N–H and O–H groups in total. The van der Waals surface area contributed by atoms with Gasteiger partial charge < -0.3 is 44.4 Å². The van der Waals surface area contributed by atoms with Crippen molar-refractivity contribution in [3.63, 3.8) is 0 Å². The van der Waals surface area contributed by atoms with Gasteiger partial charge in [0, 0.05) is 42.3 Å². The molecule has 152 valence electrons. The second-order valence-corrected chi connectivity index (χ2v) is 7.48. The van der Waals surface area contributed by atoms with Crippen LogP contribution in [-0.4, -0.2) is 75.3 Å². The molecule has 1 unspecified atom stereocenters. The quantitative estimate of drug-likeness (QED) is 0.477. The molecule has 2 rings (SSSR count). The molecule has 1 aliphatic rings. The second kappa shape index (κ2) is 14.7. The number of fused-ring (bicyclic) bond motifs is 1. The third-order valence-corrected chi connectivity index (χ3v) is 4.13. The summed E-state index contributed by atoms with van der Waals surface area (Å²) in [5, 5.41) is 28.5. The number of benzene rings is 1. The van der Waals surface area contributed by atoms with E-state index in [4.69, 9.17) is 0 Å². The summed E-state index contributed by atoms with van der Waals surface area (Å²) >= 11 is 1.59. The van der Waals surface area contributed by atoms with Crippen molar-refractivity contribution in [2.24, 2.45) is 0 Å². The Bertz CT molecular complexity index is 620. The zero-order chi connectivity index (χ0) is 22.4. The van der Waals surface area contributed by atoms with Gasteiger partial charge in [-0.3, -0.25) is 0 Å². The molecule has 1 aromatic carbocycles. The number of carboxylic acid groups (broad SMARTS) is 3. The molecule has 0 radical (unpaired) electrons. The molecule has 9 nitrogen and oxygen atoms in total. The van der Waals surface area contributed by atoms with E-state index >= 15 is 0 Å². The Kier molecular flexibility index (Phi) is 14.6.